The first kappa shape index (κ1) is 15.1. The first-order chi connectivity index (χ1) is 9.47. The van der Waals surface area contributed by atoms with Crippen LogP contribution in [0.2, 0.25) is 15.2 Å². The number of nitrogens with zero attached hydrogens (tertiary/aromatic N) is 1. The average molecular weight is 330 g/mol. The molecule has 1 amide bonds. The number of halogens is 3. The van der Waals surface area contributed by atoms with E-state index >= 15 is 0 Å². The van der Waals surface area contributed by atoms with Crippen LogP contribution in [0.5, 0.6) is 0 Å². The predicted molar refractivity (Wildman–Crippen MR) is 81.6 cm³/mol. The van der Waals surface area contributed by atoms with Gasteiger partial charge in [0.15, 0.2) is 0 Å². The Kier molecular flexibility index (Phi) is 4.86. The van der Waals surface area contributed by atoms with Gasteiger partial charge < -0.3 is 5.32 Å². The van der Waals surface area contributed by atoms with Gasteiger partial charge in [0, 0.05) is 0 Å². The van der Waals surface area contributed by atoms with Crippen molar-refractivity contribution in [2.24, 2.45) is 0 Å². The SMILES string of the molecule is CC(NC(=O)c1cccc(Cl)n1)c1ccc(Cl)c(Cl)c1. The normalized spacial score (nSPS) is 12.0. The summed E-state index contributed by atoms with van der Waals surface area (Å²) in [7, 11) is 0. The van der Waals surface area contributed by atoms with Crippen molar-refractivity contribution in [2.75, 3.05) is 0 Å². The van der Waals surface area contributed by atoms with Crippen LogP contribution < -0.4 is 5.32 Å². The molecule has 1 unspecified atom stereocenters. The van der Waals surface area contributed by atoms with Crippen molar-refractivity contribution in [3.05, 3.63) is 62.9 Å². The van der Waals surface area contributed by atoms with Gasteiger partial charge in [-0.15, -0.1) is 0 Å². The number of aromatic nitrogens is 1. The van der Waals surface area contributed by atoms with Crippen LogP contribution in [-0.2, 0) is 0 Å². The lowest BCUT2D eigenvalue weighted by Gasteiger charge is -2.14. The van der Waals surface area contributed by atoms with Crippen molar-refractivity contribution < 1.29 is 4.79 Å². The number of carbonyl (C=O) groups is 1. The molecule has 2 rings (SSSR count). The second-order valence-electron chi connectivity index (χ2n) is 4.21. The second kappa shape index (κ2) is 6.44. The Morgan fingerprint density at radius 1 is 1.15 bits per heavy atom. The highest BCUT2D eigenvalue weighted by Crippen LogP contribution is 2.25. The minimum absolute atomic E-state index is 0.224. The van der Waals surface area contributed by atoms with Gasteiger partial charge in [0.2, 0.25) is 0 Å². The fraction of sp³-hybridized carbons (Fsp3) is 0.143. The third kappa shape index (κ3) is 3.63. The Bertz CT molecular complexity index is 646. The van der Waals surface area contributed by atoms with Gasteiger partial charge in [0.1, 0.15) is 10.8 Å². The van der Waals surface area contributed by atoms with Crippen molar-refractivity contribution in [3.63, 3.8) is 0 Å². The number of hydrogen-bond acceptors (Lipinski definition) is 2. The molecule has 0 aliphatic carbocycles. The van der Waals surface area contributed by atoms with Crippen LogP contribution in [0.1, 0.15) is 29.0 Å². The minimum atomic E-state index is -0.300. The lowest BCUT2D eigenvalue weighted by molar-refractivity contribution is 0.0935. The van der Waals surface area contributed by atoms with Crippen molar-refractivity contribution >= 4 is 40.7 Å². The summed E-state index contributed by atoms with van der Waals surface area (Å²) in [5, 5.41) is 4.03. The zero-order valence-corrected chi connectivity index (χ0v) is 12.8. The third-order valence-corrected chi connectivity index (χ3v) is 3.69. The Morgan fingerprint density at radius 2 is 1.90 bits per heavy atom. The summed E-state index contributed by atoms with van der Waals surface area (Å²) in [6, 6.07) is 9.89. The molecule has 0 spiro atoms. The summed E-state index contributed by atoms with van der Waals surface area (Å²) in [5.41, 5.74) is 1.12. The number of pyridine rings is 1. The highest BCUT2D eigenvalue weighted by atomic mass is 35.5. The van der Waals surface area contributed by atoms with E-state index in [4.69, 9.17) is 34.8 Å². The molecule has 0 saturated carbocycles. The molecule has 0 fully saturated rings. The maximum atomic E-state index is 12.0. The van der Waals surface area contributed by atoms with Crippen LogP contribution in [0.25, 0.3) is 0 Å². The monoisotopic (exact) mass is 328 g/mol. The fourth-order valence-corrected chi connectivity index (χ4v) is 2.14. The Balaban J connectivity index is 2.13. The van der Waals surface area contributed by atoms with E-state index in [1.807, 2.05) is 13.0 Å². The van der Waals surface area contributed by atoms with Gasteiger partial charge in [-0.2, -0.15) is 0 Å². The van der Waals surface area contributed by atoms with Crippen LogP contribution >= 0.6 is 34.8 Å². The smallest absolute Gasteiger partial charge is 0.270 e. The molecule has 104 valence electrons. The summed E-state index contributed by atoms with van der Waals surface area (Å²) in [5.74, 6) is -0.300. The van der Waals surface area contributed by atoms with E-state index in [1.165, 1.54) is 0 Å². The van der Waals surface area contributed by atoms with Crippen LogP contribution in [0, 0.1) is 0 Å². The predicted octanol–water partition coefficient (Wildman–Crippen LogP) is 4.53. The van der Waals surface area contributed by atoms with Gasteiger partial charge in [0.05, 0.1) is 16.1 Å². The van der Waals surface area contributed by atoms with Gasteiger partial charge >= 0.3 is 0 Å². The molecule has 2 aromatic rings. The van der Waals surface area contributed by atoms with E-state index in [0.717, 1.165) is 5.56 Å². The molecule has 0 aliphatic rings. The van der Waals surface area contributed by atoms with Crippen LogP contribution in [0.15, 0.2) is 36.4 Å². The van der Waals surface area contributed by atoms with E-state index in [1.54, 1.807) is 30.3 Å². The van der Waals surface area contributed by atoms with Crippen molar-refractivity contribution in [2.45, 2.75) is 13.0 Å². The van der Waals surface area contributed by atoms with E-state index < -0.39 is 0 Å². The summed E-state index contributed by atoms with van der Waals surface area (Å²) < 4.78 is 0. The Labute approximate surface area is 131 Å². The first-order valence-corrected chi connectivity index (χ1v) is 6.99. The minimum Gasteiger partial charge on any atom is -0.344 e. The fourth-order valence-electron chi connectivity index (χ4n) is 1.67. The Hall–Kier alpha value is -1.29. The summed E-state index contributed by atoms with van der Waals surface area (Å²) in [6.45, 7) is 1.85. The number of amides is 1. The maximum Gasteiger partial charge on any atom is 0.270 e. The number of benzene rings is 1. The van der Waals surface area contributed by atoms with Gasteiger partial charge in [0.25, 0.3) is 5.91 Å². The molecule has 1 aromatic heterocycles. The molecule has 3 nitrogen and oxygen atoms in total. The van der Waals surface area contributed by atoms with E-state index in [9.17, 15) is 4.79 Å². The largest absolute Gasteiger partial charge is 0.344 e. The molecule has 1 aromatic carbocycles. The molecule has 1 N–H and O–H groups in total. The van der Waals surface area contributed by atoms with E-state index in [0.29, 0.717) is 10.0 Å². The van der Waals surface area contributed by atoms with Gasteiger partial charge in [-0.1, -0.05) is 46.9 Å². The van der Waals surface area contributed by atoms with Gasteiger partial charge in [-0.05, 0) is 36.8 Å². The highest BCUT2D eigenvalue weighted by molar-refractivity contribution is 6.42. The molecular formula is C14H11Cl3N2O. The summed E-state index contributed by atoms with van der Waals surface area (Å²) >= 11 is 17.6. The quantitative estimate of drug-likeness (QED) is 0.840. The standard InChI is InChI=1S/C14H11Cl3N2O/c1-8(9-5-6-10(15)11(16)7-9)18-14(20)12-3-2-4-13(17)19-12/h2-8H,1H3,(H,18,20). The second-order valence-corrected chi connectivity index (χ2v) is 5.42. The van der Waals surface area contributed by atoms with Crippen LogP contribution in [-0.4, -0.2) is 10.9 Å². The van der Waals surface area contributed by atoms with E-state index in [2.05, 4.69) is 10.3 Å². The van der Waals surface area contributed by atoms with Gasteiger partial charge in [-0.3, -0.25) is 4.79 Å². The molecule has 0 bridgehead atoms. The number of carbonyl (C=O) groups excluding carboxylic acids is 1. The molecule has 6 heteroatoms. The highest BCUT2D eigenvalue weighted by Gasteiger charge is 2.13. The number of nitrogens with one attached hydrogen (secondary N) is 1. The van der Waals surface area contributed by atoms with E-state index in [-0.39, 0.29) is 22.8 Å². The molecule has 0 aliphatic heterocycles. The molecule has 20 heavy (non-hydrogen) atoms. The molecule has 1 atom stereocenters. The zero-order valence-electron chi connectivity index (χ0n) is 10.5. The van der Waals surface area contributed by atoms with Gasteiger partial charge in [-0.25, -0.2) is 4.98 Å². The lowest BCUT2D eigenvalue weighted by atomic mass is 10.1. The van der Waals surface area contributed by atoms with Crippen LogP contribution in [0.3, 0.4) is 0 Å². The third-order valence-electron chi connectivity index (χ3n) is 2.74. The van der Waals surface area contributed by atoms with Crippen molar-refractivity contribution in [3.8, 4) is 0 Å². The molecular weight excluding hydrogens is 319 g/mol. The first-order valence-electron chi connectivity index (χ1n) is 5.86. The molecule has 1 heterocycles. The number of rotatable bonds is 3. The van der Waals surface area contributed by atoms with Crippen molar-refractivity contribution in [1.82, 2.24) is 10.3 Å². The maximum absolute atomic E-state index is 12.0. The number of hydrogen-bond donors (Lipinski definition) is 1. The summed E-state index contributed by atoms with van der Waals surface area (Å²) in [6.07, 6.45) is 0. The molecule has 0 saturated heterocycles. The van der Waals surface area contributed by atoms with Crippen LogP contribution in [0.4, 0.5) is 0 Å². The molecule has 0 radical (unpaired) electrons. The topological polar surface area (TPSA) is 42.0 Å². The zero-order chi connectivity index (χ0) is 14.7. The summed E-state index contributed by atoms with van der Waals surface area (Å²) in [4.78, 5) is 16.0. The van der Waals surface area contributed by atoms with Crippen molar-refractivity contribution in [1.29, 1.82) is 0 Å². The Morgan fingerprint density at radius 3 is 2.55 bits per heavy atom. The average Bonchev–Trinajstić information content (AvgIpc) is 2.41. The lowest BCUT2D eigenvalue weighted by Crippen LogP contribution is -2.27.